The molecule has 0 saturated carbocycles. The fourth-order valence-electron chi connectivity index (χ4n) is 2.71. The van der Waals surface area contributed by atoms with Crippen LogP contribution in [0.3, 0.4) is 0 Å². The monoisotopic (exact) mass is 326 g/mol. The zero-order valence-electron chi connectivity index (χ0n) is 13.2. The minimum absolute atomic E-state index is 0.270. The number of carbonyl (C=O) groups is 1. The molecular formula is C19H18O3S. The molecule has 3 nitrogen and oxygen atoms in total. The van der Waals surface area contributed by atoms with E-state index in [1.807, 2.05) is 43.3 Å². The number of thioether (sulfide) groups is 1. The fraction of sp³-hybridized carbons (Fsp3) is 0.211. The number of hydrogen-bond acceptors (Lipinski definition) is 4. The molecule has 0 spiro atoms. The number of esters is 1. The average molecular weight is 326 g/mol. The van der Waals surface area contributed by atoms with E-state index in [0.29, 0.717) is 11.5 Å². The van der Waals surface area contributed by atoms with Crippen LogP contribution in [0.2, 0.25) is 0 Å². The molecule has 0 radical (unpaired) electrons. The molecule has 0 fully saturated rings. The van der Waals surface area contributed by atoms with Crippen LogP contribution < -0.4 is 4.74 Å². The number of carbonyl (C=O) groups excluding carboxylic acids is 1. The standard InChI is InChI=1S/C19H18O3S/c1-3-22-19(20)18-17(15-10-6-7-11-16(15)21-2)14-9-5-4-8-13(14)12-23-18/h4-11H,3,12H2,1-2H3. The summed E-state index contributed by atoms with van der Waals surface area (Å²) in [6.07, 6.45) is 0. The van der Waals surface area contributed by atoms with E-state index < -0.39 is 0 Å². The largest absolute Gasteiger partial charge is 0.496 e. The highest BCUT2D eigenvalue weighted by Crippen LogP contribution is 2.44. The van der Waals surface area contributed by atoms with Gasteiger partial charge < -0.3 is 9.47 Å². The minimum Gasteiger partial charge on any atom is -0.496 e. The lowest BCUT2D eigenvalue weighted by molar-refractivity contribution is -0.137. The Labute approximate surface area is 140 Å². The highest BCUT2D eigenvalue weighted by Gasteiger charge is 2.27. The summed E-state index contributed by atoms with van der Waals surface area (Å²) < 4.78 is 10.8. The van der Waals surface area contributed by atoms with Gasteiger partial charge in [0.25, 0.3) is 0 Å². The highest BCUT2D eigenvalue weighted by molar-refractivity contribution is 8.03. The zero-order chi connectivity index (χ0) is 16.2. The van der Waals surface area contributed by atoms with Crippen LogP contribution in [0.15, 0.2) is 53.4 Å². The second kappa shape index (κ2) is 6.92. The van der Waals surface area contributed by atoms with Gasteiger partial charge in [-0.15, -0.1) is 11.8 Å². The molecular weight excluding hydrogens is 308 g/mol. The molecule has 118 valence electrons. The first-order valence-corrected chi connectivity index (χ1v) is 8.50. The molecule has 0 bridgehead atoms. The van der Waals surface area contributed by atoms with E-state index in [1.165, 1.54) is 17.3 Å². The van der Waals surface area contributed by atoms with E-state index in [2.05, 4.69) is 12.1 Å². The van der Waals surface area contributed by atoms with Crippen LogP contribution in [0.4, 0.5) is 0 Å². The lowest BCUT2D eigenvalue weighted by Crippen LogP contribution is -2.13. The quantitative estimate of drug-likeness (QED) is 0.786. The van der Waals surface area contributed by atoms with Crippen LogP contribution in [-0.4, -0.2) is 19.7 Å². The molecule has 4 heteroatoms. The Bertz CT molecular complexity index is 765. The van der Waals surface area contributed by atoms with E-state index in [-0.39, 0.29) is 5.97 Å². The SMILES string of the molecule is CCOC(=O)C1=C(c2ccccc2OC)c2ccccc2CS1. The van der Waals surface area contributed by atoms with Crippen LogP contribution in [0, 0.1) is 0 Å². The number of fused-ring (bicyclic) bond motifs is 1. The summed E-state index contributed by atoms with van der Waals surface area (Å²) in [6, 6.07) is 15.9. The maximum absolute atomic E-state index is 12.4. The number of methoxy groups -OCH3 is 1. The van der Waals surface area contributed by atoms with Crippen molar-refractivity contribution in [1.82, 2.24) is 0 Å². The maximum atomic E-state index is 12.4. The first kappa shape index (κ1) is 15.7. The number of hydrogen-bond donors (Lipinski definition) is 0. The van der Waals surface area contributed by atoms with Gasteiger partial charge in [-0.25, -0.2) is 4.79 Å². The second-order valence-electron chi connectivity index (χ2n) is 5.07. The van der Waals surface area contributed by atoms with Crippen molar-refractivity contribution in [2.24, 2.45) is 0 Å². The Hall–Kier alpha value is -2.20. The summed E-state index contributed by atoms with van der Waals surface area (Å²) in [5.74, 6) is 1.25. The molecule has 1 aliphatic rings. The molecule has 2 aromatic rings. The van der Waals surface area contributed by atoms with Crippen molar-refractivity contribution in [3.8, 4) is 5.75 Å². The predicted molar refractivity (Wildman–Crippen MR) is 93.4 cm³/mol. The Morgan fingerprint density at radius 3 is 2.52 bits per heavy atom. The van der Waals surface area contributed by atoms with Crippen LogP contribution >= 0.6 is 11.8 Å². The van der Waals surface area contributed by atoms with Gasteiger partial charge >= 0.3 is 5.97 Å². The summed E-state index contributed by atoms with van der Waals surface area (Å²) in [6.45, 7) is 2.19. The molecule has 3 rings (SSSR count). The van der Waals surface area contributed by atoms with Gasteiger partial charge in [-0.2, -0.15) is 0 Å². The van der Waals surface area contributed by atoms with E-state index in [1.54, 1.807) is 7.11 Å². The van der Waals surface area contributed by atoms with Crippen LogP contribution in [0.1, 0.15) is 23.6 Å². The van der Waals surface area contributed by atoms with Gasteiger partial charge in [0.1, 0.15) is 10.7 Å². The van der Waals surface area contributed by atoms with Crippen LogP contribution in [0.5, 0.6) is 5.75 Å². The number of rotatable bonds is 4. The maximum Gasteiger partial charge on any atom is 0.345 e. The van der Waals surface area contributed by atoms with E-state index in [9.17, 15) is 4.79 Å². The normalized spacial score (nSPS) is 13.5. The van der Waals surface area contributed by atoms with Crippen LogP contribution in [-0.2, 0) is 15.3 Å². The van der Waals surface area contributed by atoms with Crippen molar-refractivity contribution in [3.63, 3.8) is 0 Å². The summed E-state index contributed by atoms with van der Waals surface area (Å²) >= 11 is 1.53. The van der Waals surface area contributed by atoms with Gasteiger partial charge in [-0.1, -0.05) is 42.5 Å². The van der Waals surface area contributed by atoms with Gasteiger partial charge in [-0.3, -0.25) is 0 Å². The summed E-state index contributed by atoms with van der Waals surface area (Å²) in [4.78, 5) is 13.1. The molecule has 0 N–H and O–H groups in total. The Morgan fingerprint density at radius 2 is 1.78 bits per heavy atom. The molecule has 1 aliphatic heterocycles. The first-order chi connectivity index (χ1) is 11.3. The van der Waals surface area contributed by atoms with Gasteiger partial charge in [0.15, 0.2) is 0 Å². The smallest absolute Gasteiger partial charge is 0.345 e. The van der Waals surface area contributed by atoms with Gasteiger partial charge in [0, 0.05) is 16.9 Å². The Morgan fingerprint density at radius 1 is 1.09 bits per heavy atom. The third kappa shape index (κ3) is 2.99. The lowest BCUT2D eigenvalue weighted by atomic mass is 9.93. The lowest BCUT2D eigenvalue weighted by Gasteiger charge is -2.23. The van der Waals surface area contributed by atoms with Gasteiger partial charge in [0.05, 0.1) is 13.7 Å². The second-order valence-corrected chi connectivity index (χ2v) is 6.06. The van der Waals surface area contributed by atoms with Gasteiger partial charge in [-0.05, 0) is 24.1 Å². The average Bonchev–Trinajstić information content (AvgIpc) is 2.61. The molecule has 0 aliphatic carbocycles. The molecule has 0 atom stereocenters. The van der Waals surface area contributed by atoms with Crippen molar-refractivity contribution >= 4 is 23.3 Å². The van der Waals surface area contributed by atoms with E-state index in [0.717, 1.165) is 28.2 Å². The third-order valence-electron chi connectivity index (χ3n) is 3.72. The fourth-order valence-corrected chi connectivity index (χ4v) is 3.80. The number of benzene rings is 2. The van der Waals surface area contributed by atoms with E-state index in [4.69, 9.17) is 9.47 Å². The predicted octanol–water partition coefficient (Wildman–Crippen LogP) is 4.26. The topological polar surface area (TPSA) is 35.5 Å². The summed E-state index contributed by atoms with van der Waals surface area (Å²) in [5.41, 5.74) is 4.09. The van der Waals surface area contributed by atoms with Crippen molar-refractivity contribution in [2.45, 2.75) is 12.7 Å². The van der Waals surface area contributed by atoms with Gasteiger partial charge in [0.2, 0.25) is 0 Å². The highest BCUT2D eigenvalue weighted by atomic mass is 32.2. The Kier molecular flexibility index (Phi) is 4.72. The third-order valence-corrected chi connectivity index (χ3v) is 4.84. The number of para-hydroxylation sites is 1. The molecule has 23 heavy (non-hydrogen) atoms. The molecule has 0 aromatic heterocycles. The van der Waals surface area contributed by atoms with E-state index >= 15 is 0 Å². The summed E-state index contributed by atoms with van der Waals surface area (Å²) in [7, 11) is 1.64. The van der Waals surface area contributed by atoms with Crippen molar-refractivity contribution in [2.75, 3.05) is 13.7 Å². The summed E-state index contributed by atoms with van der Waals surface area (Å²) in [5, 5.41) is 0. The Balaban J connectivity index is 2.25. The minimum atomic E-state index is -0.270. The molecule has 1 heterocycles. The van der Waals surface area contributed by atoms with Crippen molar-refractivity contribution < 1.29 is 14.3 Å². The van der Waals surface area contributed by atoms with Crippen molar-refractivity contribution in [3.05, 3.63) is 70.1 Å². The zero-order valence-corrected chi connectivity index (χ0v) is 14.0. The first-order valence-electron chi connectivity index (χ1n) is 7.52. The molecule has 0 amide bonds. The molecule has 0 unspecified atom stereocenters. The number of ether oxygens (including phenoxy) is 2. The molecule has 0 saturated heterocycles. The molecule has 2 aromatic carbocycles. The van der Waals surface area contributed by atoms with Crippen molar-refractivity contribution in [1.29, 1.82) is 0 Å². The van der Waals surface area contributed by atoms with Crippen LogP contribution in [0.25, 0.3) is 5.57 Å².